The number of nitrogens with one attached hydrogen (secondary N) is 1. The van der Waals surface area contributed by atoms with Crippen molar-refractivity contribution >= 4 is 17.7 Å². The van der Waals surface area contributed by atoms with E-state index in [1.54, 1.807) is 11.7 Å². The van der Waals surface area contributed by atoms with Crippen LogP contribution in [0.3, 0.4) is 0 Å². The number of amides is 1. The quantitative estimate of drug-likeness (QED) is 0.653. The molecule has 1 unspecified atom stereocenters. The molecule has 1 saturated carbocycles. The summed E-state index contributed by atoms with van der Waals surface area (Å²) in [6.45, 7) is 1.82. The van der Waals surface area contributed by atoms with Crippen LogP contribution < -0.4 is 11.1 Å². The highest BCUT2D eigenvalue weighted by Crippen LogP contribution is 2.26. The van der Waals surface area contributed by atoms with Gasteiger partial charge in [0.05, 0.1) is 0 Å². The number of carbonyl (C=O) groups excluding carboxylic acids is 1. The first kappa shape index (κ1) is 12.3. The summed E-state index contributed by atoms with van der Waals surface area (Å²) in [6.07, 6.45) is 2.22. The van der Waals surface area contributed by atoms with Gasteiger partial charge in [-0.25, -0.2) is 4.68 Å². The Bertz CT molecular complexity index is 417. The number of nitrogens with two attached hydrogens (primary N) is 1. The van der Waals surface area contributed by atoms with Gasteiger partial charge in [-0.05, 0) is 30.2 Å². The fourth-order valence-electron chi connectivity index (χ4n) is 1.41. The zero-order valence-corrected chi connectivity index (χ0v) is 10.7. The Morgan fingerprint density at radius 3 is 2.88 bits per heavy atom. The monoisotopic (exact) mass is 256 g/mol. The molecule has 3 N–H and O–H groups in total. The molecule has 94 valence electrons. The number of hydrogen-bond donors (Lipinski definition) is 2. The summed E-state index contributed by atoms with van der Waals surface area (Å²) < 4.78 is 1.57. The van der Waals surface area contributed by atoms with Gasteiger partial charge in [-0.3, -0.25) is 4.79 Å². The predicted molar refractivity (Wildman–Crippen MR) is 63.3 cm³/mol. The highest BCUT2D eigenvalue weighted by atomic mass is 32.2. The topological polar surface area (TPSA) is 98.7 Å². The lowest BCUT2D eigenvalue weighted by Crippen LogP contribution is -2.56. The Labute approximate surface area is 104 Å². The van der Waals surface area contributed by atoms with Crippen LogP contribution in [0.25, 0.3) is 0 Å². The van der Waals surface area contributed by atoms with Crippen LogP contribution >= 0.6 is 11.8 Å². The van der Waals surface area contributed by atoms with E-state index in [9.17, 15) is 4.79 Å². The molecule has 8 heteroatoms. The molecule has 1 amide bonds. The second-order valence-electron chi connectivity index (χ2n) is 4.49. The van der Waals surface area contributed by atoms with Crippen LogP contribution in [0.2, 0.25) is 0 Å². The Hall–Kier alpha value is -1.15. The first-order valence-electron chi connectivity index (χ1n) is 5.44. The molecule has 1 fully saturated rings. The molecule has 0 saturated heterocycles. The first-order chi connectivity index (χ1) is 8.01. The first-order valence-corrected chi connectivity index (χ1v) is 6.42. The van der Waals surface area contributed by atoms with E-state index in [2.05, 4.69) is 20.8 Å². The normalized spacial score (nSPS) is 18.9. The Morgan fingerprint density at radius 1 is 1.71 bits per heavy atom. The zero-order chi connectivity index (χ0) is 12.5. The van der Waals surface area contributed by atoms with Gasteiger partial charge in [-0.15, -0.1) is 5.10 Å². The molecule has 1 aromatic rings. The summed E-state index contributed by atoms with van der Waals surface area (Å²) in [5.74, 6) is 0.180. The number of aryl methyl sites for hydroxylation is 1. The van der Waals surface area contributed by atoms with E-state index in [-0.39, 0.29) is 5.91 Å². The lowest BCUT2D eigenvalue weighted by Gasteiger charge is -2.26. The van der Waals surface area contributed by atoms with Gasteiger partial charge in [0.25, 0.3) is 0 Å². The SMILES string of the molecule is Cn1nnnc1SCC(C)(NC1CC1)C(N)=O. The van der Waals surface area contributed by atoms with Crippen molar-refractivity contribution in [2.24, 2.45) is 12.8 Å². The third kappa shape index (κ3) is 2.95. The third-order valence-electron chi connectivity index (χ3n) is 2.72. The summed E-state index contributed by atoms with van der Waals surface area (Å²) in [7, 11) is 1.76. The van der Waals surface area contributed by atoms with Gasteiger partial charge >= 0.3 is 0 Å². The number of tetrazole rings is 1. The summed E-state index contributed by atoms with van der Waals surface area (Å²) in [5.41, 5.74) is 4.74. The summed E-state index contributed by atoms with van der Waals surface area (Å²) in [6, 6.07) is 0.422. The predicted octanol–water partition coefficient (Wildman–Crippen LogP) is -0.702. The van der Waals surface area contributed by atoms with E-state index in [1.165, 1.54) is 11.8 Å². The maximum Gasteiger partial charge on any atom is 0.238 e. The minimum Gasteiger partial charge on any atom is -0.368 e. The molecule has 17 heavy (non-hydrogen) atoms. The highest BCUT2D eigenvalue weighted by Gasteiger charge is 2.37. The summed E-state index contributed by atoms with van der Waals surface area (Å²) in [5, 5.41) is 15.1. The van der Waals surface area contributed by atoms with Crippen molar-refractivity contribution in [2.45, 2.75) is 36.5 Å². The molecule has 0 aliphatic heterocycles. The lowest BCUT2D eigenvalue weighted by molar-refractivity contribution is -0.123. The lowest BCUT2D eigenvalue weighted by atomic mass is 10.1. The van der Waals surface area contributed by atoms with Crippen molar-refractivity contribution in [3.63, 3.8) is 0 Å². The number of carbonyl (C=O) groups is 1. The van der Waals surface area contributed by atoms with Gasteiger partial charge in [0.1, 0.15) is 5.54 Å². The van der Waals surface area contributed by atoms with Gasteiger partial charge in [-0.2, -0.15) is 0 Å². The van der Waals surface area contributed by atoms with E-state index >= 15 is 0 Å². The Kier molecular flexibility index (Phi) is 3.34. The van der Waals surface area contributed by atoms with Crippen molar-refractivity contribution in [3.05, 3.63) is 0 Å². The minimum absolute atomic E-state index is 0.341. The Balaban J connectivity index is 1.97. The average Bonchev–Trinajstić information content (AvgIpc) is 2.97. The second kappa shape index (κ2) is 4.61. The standard InChI is InChI=1S/C9H16N6OS/c1-9(7(10)16,11-6-3-4-6)5-17-8-12-13-14-15(8)2/h6,11H,3-5H2,1-2H3,(H2,10,16). The van der Waals surface area contributed by atoms with Crippen LogP contribution in [0.15, 0.2) is 5.16 Å². The van der Waals surface area contributed by atoms with Crippen molar-refractivity contribution < 1.29 is 4.79 Å². The molecule has 7 nitrogen and oxygen atoms in total. The highest BCUT2D eigenvalue weighted by molar-refractivity contribution is 7.99. The number of nitrogens with zero attached hydrogens (tertiary/aromatic N) is 4. The summed E-state index contributed by atoms with van der Waals surface area (Å²) >= 11 is 1.42. The Morgan fingerprint density at radius 2 is 2.41 bits per heavy atom. The van der Waals surface area contributed by atoms with Gasteiger partial charge in [0.2, 0.25) is 11.1 Å². The minimum atomic E-state index is -0.711. The van der Waals surface area contributed by atoms with E-state index in [0.717, 1.165) is 12.8 Å². The fourth-order valence-corrected chi connectivity index (χ4v) is 2.38. The second-order valence-corrected chi connectivity index (χ2v) is 5.43. The molecular weight excluding hydrogens is 240 g/mol. The van der Waals surface area contributed by atoms with Gasteiger partial charge in [0, 0.05) is 18.8 Å². The number of thioether (sulfide) groups is 1. The maximum absolute atomic E-state index is 11.5. The van der Waals surface area contributed by atoms with Crippen LogP contribution in [-0.2, 0) is 11.8 Å². The third-order valence-corrected chi connectivity index (χ3v) is 4.04. The van der Waals surface area contributed by atoms with Crippen LogP contribution in [-0.4, -0.2) is 43.4 Å². The zero-order valence-electron chi connectivity index (χ0n) is 9.88. The van der Waals surface area contributed by atoms with Crippen LogP contribution in [0.5, 0.6) is 0 Å². The van der Waals surface area contributed by atoms with Crippen LogP contribution in [0.1, 0.15) is 19.8 Å². The van der Waals surface area contributed by atoms with Crippen molar-refractivity contribution in [2.75, 3.05) is 5.75 Å². The van der Waals surface area contributed by atoms with E-state index in [1.807, 2.05) is 6.92 Å². The molecular formula is C9H16N6OS. The van der Waals surface area contributed by atoms with Crippen LogP contribution in [0.4, 0.5) is 0 Å². The number of rotatable bonds is 6. The number of aromatic nitrogens is 4. The molecule has 0 spiro atoms. The largest absolute Gasteiger partial charge is 0.368 e. The molecule has 0 bridgehead atoms. The van der Waals surface area contributed by atoms with E-state index < -0.39 is 5.54 Å². The van der Waals surface area contributed by atoms with E-state index in [4.69, 9.17) is 5.73 Å². The molecule has 1 aromatic heterocycles. The van der Waals surface area contributed by atoms with Crippen molar-refractivity contribution in [3.8, 4) is 0 Å². The van der Waals surface area contributed by atoms with E-state index in [0.29, 0.717) is 17.0 Å². The molecule has 1 atom stereocenters. The number of hydrogen-bond acceptors (Lipinski definition) is 6. The number of primary amides is 1. The summed E-state index contributed by atoms with van der Waals surface area (Å²) in [4.78, 5) is 11.5. The fraction of sp³-hybridized carbons (Fsp3) is 0.778. The van der Waals surface area contributed by atoms with Crippen molar-refractivity contribution in [1.82, 2.24) is 25.5 Å². The van der Waals surface area contributed by atoms with Gasteiger partial charge in [0.15, 0.2) is 0 Å². The van der Waals surface area contributed by atoms with Gasteiger partial charge < -0.3 is 11.1 Å². The van der Waals surface area contributed by atoms with Crippen LogP contribution in [0, 0.1) is 0 Å². The molecule has 0 aromatic carbocycles. The molecule has 1 aliphatic rings. The molecule has 1 aliphatic carbocycles. The van der Waals surface area contributed by atoms with Gasteiger partial charge in [-0.1, -0.05) is 11.8 Å². The van der Waals surface area contributed by atoms with Crippen molar-refractivity contribution in [1.29, 1.82) is 0 Å². The average molecular weight is 256 g/mol. The molecule has 2 rings (SSSR count). The molecule has 0 radical (unpaired) electrons. The molecule has 1 heterocycles. The maximum atomic E-state index is 11.5. The smallest absolute Gasteiger partial charge is 0.238 e.